The maximum absolute atomic E-state index is 12.3. The van der Waals surface area contributed by atoms with Crippen LogP contribution in [0, 0.1) is 5.92 Å². The van der Waals surface area contributed by atoms with E-state index >= 15 is 0 Å². The Bertz CT molecular complexity index is 288. The highest BCUT2D eigenvalue weighted by molar-refractivity contribution is 5.85. The second kappa shape index (κ2) is 8.08. The molecule has 2 fully saturated rings. The molecule has 0 radical (unpaired) electrons. The van der Waals surface area contributed by atoms with E-state index in [1.807, 2.05) is 7.05 Å². The molecule has 0 bridgehead atoms. The molecule has 0 spiro atoms. The predicted octanol–water partition coefficient (Wildman–Crippen LogP) is 1.35. The molecule has 2 saturated heterocycles. The molecule has 2 rings (SSSR count). The molecular weight excluding hydrogens is 262 g/mol. The van der Waals surface area contributed by atoms with Crippen molar-refractivity contribution in [3.63, 3.8) is 0 Å². The fourth-order valence-electron chi connectivity index (χ4n) is 3.14. The van der Waals surface area contributed by atoms with Gasteiger partial charge in [-0.25, -0.2) is 0 Å². The number of carbonyl (C=O) groups excluding carboxylic acids is 1. The fourth-order valence-corrected chi connectivity index (χ4v) is 3.14. The zero-order chi connectivity index (χ0) is 13.0. The van der Waals surface area contributed by atoms with Gasteiger partial charge in [0, 0.05) is 25.7 Å². The highest BCUT2D eigenvalue weighted by Gasteiger charge is 2.25. The number of likely N-dealkylation sites (tertiary alicyclic amines) is 2. The number of halogens is 1. The first-order valence-electron chi connectivity index (χ1n) is 7.36. The molecule has 5 heteroatoms. The second-order valence-electron chi connectivity index (χ2n) is 5.95. The van der Waals surface area contributed by atoms with Crippen molar-refractivity contribution in [2.24, 2.45) is 5.92 Å². The Hall–Kier alpha value is -0.320. The maximum Gasteiger partial charge on any atom is 0.236 e. The average molecular weight is 290 g/mol. The Morgan fingerprint density at radius 1 is 1.21 bits per heavy atom. The van der Waals surface area contributed by atoms with Gasteiger partial charge >= 0.3 is 0 Å². The number of amides is 1. The first-order chi connectivity index (χ1) is 8.69. The topological polar surface area (TPSA) is 35.6 Å². The van der Waals surface area contributed by atoms with Gasteiger partial charge in [-0.05, 0) is 45.2 Å². The summed E-state index contributed by atoms with van der Waals surface area (Å²) < 4.78 is 0. The van der Waals surface area contributed by atoms with E-state index in [4.69, 9.17) is 0 Å². The lowest BCUT2D eigenvalue weighted by Gasteiger charge is -2.35. The molecule has 0 aromatic carbocycles. The van der Waals surface area contributed by atoms with Crippen LogP contribution in [0.4, 0.5) is 0 Å². The molecule has 19 heavy (non-hydrogen) atoms. The smallest absolute Gasteiger partial charge is 0.236 e. The number of rotatable bonds is 3. The summed E-state index contributed by atoms with van der Waals surface area (Å²) in [7, 11) is 2.02. The lowest BCUT2D eigenvalue weighted by atomic mass is 10.00. The van der Waals surface area contributed by atoms with Gasteiger partial charge in [-0.3, -0.25) is 9.69 Å². The highest BCUT2D eigenvalue weighted by atomic mass is 35.5. The van der Waals surface area contributed by atoms with Gasteiger partial charge in [-0.1, -0.05) is 6.92 Å². The SMILES string of the molecule is CNC1CCCN(CC(=O)N2CCCC(C)C2)C1.Cl. The van der Waals surface area contributed by atoms with Crippen LogP contribution in [0.1, 0.15) is 32.6 Å². The summed E-state index contributed by atoms with van der Waals surface area (Å²) in [5.74, 6) is 1.01. The van der Waals surface area contributed by atoms with E-state index in [9.17, 15) is 4.79 Å². The molecule has 0 aromatic rings. The quantitative estimate of drug-likeness (QED) is 0.852. The summed E-state index contributed by atoms with van der Waals surface area (Å²) in [6.45, 7) is 6.88. The van der Waals surface area contributed by atoms with Crippen LogP contribution in [-0.2, 0) is 4.79 Å². The van der Waals surface area contributed by atoms with Crippen molar-refractivity contribution in [3.05, 3.63) is 0 Å². The lowest BCUT2D eigenvalue weighted by molar-refractivity contribution is -0.134. The minimum atomic E-state index is 0. The number of hydrogen-bond acceptors (Lipinski definition) is 3. The zero-order valence-electron chi connectivity index (χ0n) is 12.2. The Morgan fingerprint density at radius 2 is 1.95 bits per heavy atom. The average Bonchev–Trinajstić information content (AvgIpc) is 2.39. The molecule has 2 heterocycles. The number of nitrogens with zero attached hydrogens (tertiary/aromatic N) is 2. The molecule has 0 aromatic heterocycles. The third-order valence-electron chi connectivity index (χ3n) is 4.28. The first kappa shape index (κ1) is 16.7. The number of hydrogen-bond donors (Lipinski definition) is 1. The molecule has 4 nitrogen and oxygen atoms in total. The van der Waals surface area contributed by atoms with Crippen LogP contribution in [0.5, 0.6) is 0 Å². The monoisotopic (exact) mass is 289 g/mol. The minimum absolute atomic E-state index is 0. The first-order valence-corrected chi connectivity index (χ1v) is 7.36. The molecule has 1 N–H and O–H groups in total. The summed E-state index contributed by atoms with van der Waals surface area (Å²) in [5.41, 5.74) is 0. The van der Waals surface area contributed by atoms with Crippen molar-refractivity contribution in [1.82, 2.24) is 15.1 Å². The van der Waals surface area contributed by atoms with Gasteiger partial charge in [0.25, 0.3) is 0 Å². The minimum Gasteiger partial charge on any atom is -0.341 e. The van der Waals surface area contributed by atoms with E-state index < -0.39 is 0 Å². The number of piperidine rings is 2. The summed E-state index contributed by atoms with van der Waals surface area (Å²) in [6.07, 6.45) is 4.89. The highest BCUT2D eigenvalue weighted by Crippen LogP contribution is 2.16. The van der Waals surface area contributed by atoms with Crippen molar-refractivity contribution in [1.29, 1.82) is 0 Å². The number of likely N-dealkylation sites (N-methyl/N-ethyl adjacent to an activating group) is 1. The zero-order valence-corrected chi connectivity index (χ0v) is 13.0. The standard InChI is InChI=1S/C14H27N3O.ClH/c1-12-5-3-8-17(9-12)14(18)11-16-7-4-6-13(10-16)15-2;/h12-13,15H,3-11H2,1-2H3;1H. The van der Waals surface area contributed by atoms with Crippen LogP contribution in [0.25, 0.3) is 0 Å². The van der Waals surface area contributed by atoms with Crippen LogP contribution in [0.15, 0.2) is 0 Å². The summed E-state index contributed by atoms with van der Waals surface area (Å²) in [6, 6.07) is 0.562. The van der Waals surface area contributed by atoms with E-state index in [1.165, 1.54) is 25.7 Å². The molecule has 2 unspecified atom stereocenters. The van der Waals surface area contributed by atoms with Gasteiger partial charge in [-0.15, -0.1) is 12.4 Å². The number of nitrogens with one attached hydrogen (secondary N) is 1. The van der Waals surface area contributed by atoms with Gasteiger partial charge in [0.1, 0.15) is 0 Å². The third kappa shape index (κ3) is 4.93. The molecular formula is C14H28ClN3O. The fraction of sp³-hybridized carbons (Fsp3) is 0.929. The normalized spacial score (nSPS) is 28.8. The third-order valence-corrected chi connectivity index (χ3v) is 4.28. The molecule has 2 aliphatic heterocycles. The summed E-state index contributed by atoms with van der Waals surface area (Å²) in [4.78, 5) is 16.6. The predicted molar refractivity (Wildman–Crippen MR) is 80.7 cm³/mol. The van der Waals surface area contributed by atoms with Gasteiger partial charge in [0.15, 0.2) is 0 Å². The van der Waals surface area contributed by atoms with Crippen molar-refractivity contribution in [2.45, 2.75) is 38.6 Å². The maximum atomic E-state index is 12.3. The van der Waals surface area contributed by atoms with Crippen LogP contribution >= 0.6 is 12.4 Å². The van der Waals surface area contributed by atoms with Gasteiger partial charge < -0.3 is 10.2 Å². The van der Waals surface area contributed by atoms with E-state index in [-0.39, 0.29) is 12.4 Å². The van der Waals surface area contributed by atoms with Crippen molar-refractivity contribution in [2.75, 3.05) is 39.8 Å². The van der Waals surface area contributed by atoms with Crippen LogP contribution in [0.3, 0.4) is 0 Å². The van der Waals surface area contributed by atoms with Crippen LogP contribution < -0.4 is 5.32 Å². The van der Waals surface area contributed by atoms with E-state index in [0.29, 0.717) is 24.4 Å². The Balaban J connectivity index is 0.00000180. The second-order valence-corrected chi connectivity index (χ2v) is 5.95. The molecule has 2 aliphatic rings. The van der Waals surface area contributed by atoms with Crippen molar-refractivity contribution in [3.8, 4) is 0 Å². The lowest BCUT2D eigenvalue weighted by Crippen LogP contribution is -2.50. The van der Waals surface area contributed by atoms with E-state index in [2.05, 4.69) is 22.0 Å². The Morgan fingerprint density at radius 3 is 2.63 bits per heavy atom. The van der Waals surface area contributed by atoms with Gasteiger partial charge in [0.05, 0.1) is 6.54 Å². The number of carbonyl (C=O) groups is 1. The largest absolute Gasteiger partial charge is 0.341 e. The van der Waals surface area contributed by atoms with Crippen molar-refractivity contribution < 1.29 is 4.79 Å². The molecule has 0 aliphatic carbocycles. The van der Waals surface area contributed by atoms with Gasteiger partial charge in [-0.2, -0.15) is 0 Å². The molecule has 1 amide bonds. The molecule has 2 atom stereocenters. The van der Waals surface area contributed by atoms with E-state index in [1.54, 1.807) is 0 Å². The van der Waals surface area contributed by atoms with Gasteiger partial charge in [0.2, 0.25) is 5.91 Å². The molecule has 0 saturated carbocycles. The Kier molecular flexibility index (Phi) is 7.11. The Labute approximate surface area is 123 Å². The molecule has 112 valence electrons. The van der Waals surface area contributed by atoms with Crippen LogP contribution in [-0.4, -0.2) is 61.5 Å². The van der Waals surface area contributed by atoms with Crippen molar-refractivity contribution >= 4 is 18.3 Å². The summed E-state index contributed by atoms with van der Waals surface area (Å²) >= 11 is 0. The summed E-state index contributed by atoms with van der Waals surface area (Å²) in [5, 5.41) is 3.33. The van der Waals surface area contributed by atoms with E-state index in [0.717, 1.165) is 26.2 Å². The van der Waals surface area contributed by atoms with Crippen LogP contribution in [0.2, 0.25) is 0 Å².